The van der Waals surface area contributed by atoms with Gasteiger partial charge in [-0.05, 0) is 29.7 Å². The van der Waals surface area contributed by atoms with Crippen LogP contribution in [-0.4, -0.2) is 11.7 Å². The molecule has 3 nitrogen and oxygen atoms in total. The van der Waals surface area contributed by atoms with Gasteiger partial charge in [0, 0.05) is 13.1 Å². The third-order valence-electron chi connectivity index (χ3n) is 3.35. The molecule has 0 aromatic heterocycles. The van der Waals surface area contributed by atoms with Crippen LogP contribution < -0.4 is 10.6 Å². The number of hydrogen-bond acceptors (Lipinski definition) is 3. The van der Waals surface area contributed by atoms with Gasteiger partial charge in [0.05, 0.1) is 18.0 Å². The fraction of sp³-hybridized carbons (Fsp3) is 0.294. The fourth-order valence-electron chi connectivity index (χ4n) is 2.30. The zero-order chi connectivity index (χ0) is 14.4. The van der Waals surface area contributed by atoms with Crippen molar-refractivity contribution in [3.8, 4) is 0 Å². The number of rotatable bonds is 6. The maximum absolute atomic E-state index is 9.08. The molecule has 3 N–H and O–H groups in total. The minimum Gasteiger partial charge on any atom is -0.397 e. The van der Waals surface area contributed by atoms with Crippen LogP contribution in [0.4, 0.5) is 11.4 Å². The normalized spacial score (nSPS) is 10.5. The van der Waals surface area contributed by atoms with Gasteiger partial charge in [0.25, 0.3) is 0 Å². The highest BCUT2D eigenvalue weighted by Gasteiger charge is 2.09. The first-order valence-corrected chi connectivity index (χ1v) is 7.02. The Morgan fingerprint density at radius 1 is 1.00 bits per heavy atom. The first kappa shape index (κ1) is 14.4. The summed E-state index contributed by atoms with van der Waals surface area (Å²) in [4.78, 5) is 2.29. The van der Waals surface area contributed by atoms with Crippen LogP contribution in [0.25, 0.3) is 0 Å². The molecule has 2 aromatic carbocycles. The highest BCUT2D eigenvalue weighted by atomic mass is 16.3. The SMILES string of the molecule is CCCN(Cc1ccc(CO)cc1)c1ccccc1N. The molecule has 0 aliphatic heterocycles. The molecule has 0 spiro atoms. The van der Waals surface area contributed by atoms with Gasteiger partial charge < -0.3 is 15.7 Å². The molecule has 0 fully saturated rings. The molecule has 0 amide bonds. The van der Waals surface area contributed by atoms with E-state index in [2.05, 4.69) is 30.0 Å². The monoisotopic (exact) mass is 270 g/mol. The van der Waals surface area contributed by atoms with Crippen LogP contribution >= 0.6 is 0 Å². The third kappa shape index (κ3) is 3.52. The second-order valence-electron chi connectivity index (χ2n) is 4.95. The second-order valence-corrected chi connectivity index (χ2v) is 4.95. The Labute approximate surface area is 120 Å². The predicted molar refractivity (Wildman–Crippen MR) is 84.6 cm³/mol. The van der Waals surface area contributed by atoms with Gasteiger partial charge in [-0.2, -0.15) is 0 Å². The minimum atomic E-state index is 0.0879. The largest absolute Gasteiger partial charge is 0.397 e. The summed E-state index contributed by atoms with van der Waals surface area (Å²) in [7, 11) is 0. The van der Waals surface area contributed by atoms with Crippen LogP contribution in [-0.2, 0) is 13.2 Å². The minimum absolute atomic E-state index is 0.0879. The lowest BCUT2D eigenvalue weighted by Crippen LogP contribution is -2.24. The number of nitrogens with two attached hydrogens (primary N) is 1. The quantitative estimate of drug-likeness (QED) is 0.793. The van der Waals surface area contributed by atoms with Gasteiger partial charge in [0.2, 0.25) is 0 Å². The van der Waals surface area contributed by atoms with Gasteiger partial charge in [-0.1, -0.05) is 43.3 Å². The summed E-state index contributed by atoms with van der Waals surface area (Å²) < 4.78 is 0. The Kier molecular flexibility index (Phi) is 5.02. The molecular weight excluding hydrogens is 248 g/mol. The van der Waals surface area contributed by atoms with E-state index in [1.807, 2.05) is 30.3 Å². The molecule has 0 atom stereocenters. The van der Waals surface area contributed by atoms with E-state index in [-0.39, 0.29) is 6.61 Å². The molecule has 0 unspecified atom stereocenters. The van der Waals surface area contributed by atoms with E-state index in [4.69, 9.17) is 10.8 Å². The molecule has 20 heavy (non-hydrogen) atoms. The van der Waals surface area contributed by atoms with Crippen molar-refractivity contribution < 1.29 is 5.11 Å². The zero-order valence-corrected chi connectivity index (χ0v) is 11.9. The van der Waals surface area contributed by atoms with Crippen LogP contribution in [0.15, 0.2) is 48.5 Å². The number of nitrogens with zero attached hydrogens (tertiary/aromatic N) is 1. The third-order valence-corrected chi connectivity index (χ3v) is 3.35. The van der Waals surface area contributed by atoms with E-state index >= 15 is 0 Å². The van der Waals surface area contributed by atoms with Crippen molar-refractivity contribution >= 4 is 11.4 Å². The van der Waals surface area contributed by atoms with Gasteiger partial charge >= 0.3 is 0 Å². The lowest BCUT2D eigenvalue weighted by atomic mass is 10.1. The average Bonchev–Trinajstić information content (AvgIpc) is 2.48. The lowest BCUT2D eigenvalue weighted by molar-refractivity contribution is 0.282. The zero-order valence-electron chi connectivity index (χ0n) is 11.9. The predicted octanol–water partition coefficient (Wildman–Crippen LogP) is 3.18. The number of para-hydroxylation sites is 2. The highest BCUT2D eigenvalue weighted by molar-refractivity contribution is 5.67. The van der Waals surface area contributed by atoms with Gasteiger partial charge in [0.15, 0.2) is 0 Å². The summed E-state index contributed by atoms with van der Waals surface area (Å²) >= 11 is 0. The van der Waals surface area contributed by atoms with Crippen molar-refractivity contribution in [2.24, 2.45) is 0 Å². The molecule has 0 saturated carbocycles. The molecule has 106 valence electrons. The van der Waals surface area contributed by atoms with Gasteiger partial charge in [0.1, 0.15) is 0 Å². The van der Waals surface area contributed by atoms with Crippen LogP contribution in [0.3, 0.4) is 0 Å². The Hall–Kier alpha value is -2.00. The molecular formula is C17H22N2O. The summed E-state index contributed by atoms with van der Waals surface area (Å²) in [6.45, 7) is 4.05. The first-order valence-electron chi connectivity index (χ1n) is 7.02. The van der Waals surface area contributed by atoms with E-state index in [1.165, 1.54) is 5.56 Å². The number of aliphatic hydroxyl groups excluding tert-OH is 1. The maximum Gasteiger partial charge on any atom is 0.0681 e. The standard InChI is InChI=1S/C17H22N2O/c1-2-11-19(17-6-4-3-5-16(17)18)12-14-7-9-15(13-20)10-8-14/h3-10,20H,2,11-13,18H2,1H3. The molecule has 0 aliphatic carbocycles. The summed E-state index contributed by atoms with van der Waals surface area (Å²) in [5.41, 5.74) is 10.1. The van der Waals surface area contributed by atoms with Crippen LogP contribution in [0.5, 0.6) is 0 Å². The summed E-state index contributed by atoms with van der Waals surface area (Å²) in [6, 6.07) is 16.0. The molecule has 0 aliphatic rings. The Balaban J connectivity index is 2.18. The van der Waals surface area contributed by atoms with E-state index in [0.29, 0.717) is 0 Å². The number of anilines is 2. The number of aliphatic hydroxyl groups is 1. The summed E-state index contributed by atoms with van der Waals surface area (Å²) in [5.74, 6) is 0. The van der Waals surface area contributed by atoms with E-state index in [0.717, 1.165) is 36.4 Å². The molecule has 2 aromatic rings. The van der Waals surface area contributed by atoms with Crippen molar-refractivity contribution in [2.75, 3.05) is 17.2 Å². The molecule has 0 saturated heterocycles. The van der Waals surface area contributed by atoms with E-state index in [9.17, 15) is 0 Å². The smallest absolute Gasteiger partial charge is 0.0681 e. The number of hydrogen-bond donors (Lipinski definition) is 2. The van der Waals surface area contributed by atoms with E-state index < -0.39 is 0 Å². The van der Waals surface area contributed by atoms with Crippen molar-refractivity contribution in [2.45, 2.75) is 26.5 Å². The van der Waals surface area contributed by atoms with E-state index in [1.54, 1.807) is 0 Å². The average molecular weight is 270 g/mol. The van der Waals surface area contributed by atoms with Crippen LogP contribution in [0, 0.1) is 0 Å². The Morgan fingerprint density at radius 2 is 1.65 bits per heavy atom. The summed E-state index contributed by atoms with van der Waals surface area (Å²) in [5, 5.41) is 9.08. The highest BCUT2D eigenvalue weighted by Crippen LogP contribution is 2.24. The van der Waals surface area contributed by atoms with Crippen molar-refractivity contribution in [3.05, 3.63) is 59.7 Å². The van der Waals surface area contributed by atoms with Gasteiger partial charge in [-0.25, -0.2) is 0 Å². The van der Waals surface area contributed by atoms with Gasteiger partial charge in [-0.3, -0.25) is 0 Å². The number of nitrogen functional groups attached to an aromatic ring is 1. The molecule has 0 heterocycles. The Bertz CT molecular complexity index is 537. The van der Waals surface area contributed by atoms with Crippen LogP contribution in [0.1, 0.15) is 24.5 Å². The fourth-order valence-corrected chi connectivity index (χ4v) is 2.30. The van der Waals surface area contributed by atoms with Gasteiger partial charge in [-0.15, -0.1) is 0 Å². The topological polar surface area (TPSA) is 49.5 Å². The maximum atomic E-state index is 9.08. The molecule has 0 radical (unpaired) electrons. The van der Waals surface area contributed by atoms with Crippen molar-refractivity contribution in [1.29, 1.82) is 0 Å². The van der Waals surface area contributed by atoms with Crippen LogP contribution in [0.2, 0.25) is 0 Å². The van der Waals surface area contributed by atoms with Crippen molar-refractivity contribution in [1.82, 2.24) is 0 Å². The first-order chi connectivity index (χ1) is 9.74. The second kappa shape index (κ2) is 6.96. The molecule has 3 heteroatoms. The molecule has 0 bridgehead atoms. The number of benzene rings is 2. The van der Waals surface area contributed by atoms with Crippen molar-refractivity contribution in [3.63, 3.8) is 0 Å². The Morgan fingerprint density at radius 3 is 2.25 bits per heavy atom. The lowest BCUT2D eigenvalue weighted by Gasteiger charge is -2.26. The molecule has 2 rings (SSSR count). The summed E-state index contributed by atoms with van der Waals surface area (Å²) in [6.07, 6.45) is 1.07.